The SMILES string of the molecule is Cc1ccc(C(C)Nc2cc(Cl)c(N)cc2C)cc1. The number of nitrogens with one attached hydrogen (secondary N) is 1. The quantitative estimate of drug-likeness (QED) is 0.796. The van der Waals surface area contributed by atoms with Crippen molar-refractivity contribution in [2.75, 3.05) is 11.1 Å². The van der Waals surface area contributed by atoms with Crippen molar-refractivity contribution in [3.63, 3.8) is 0 Å². The van der Waals surface area contributed by atoms with Gasteiger partial charge in [0.05, 0.1) is 10.7 Å². The highest BCUT2D eigenvalue weighted by Gasteiger charge is 2.08. The van der Waals surface area contributed by atoms with E-state index in [9.17, 15) is 0 Å². The van der Waals surface area contributed by atoms with Gasteiger partial charge in [-0.2, -0.15) is 0 Å². The topological polar surface area (TPSA) is 38.0 Å². The van der Waals surface area contributed by atoms with Gasteiger partial charge in [0.15, 0.2) is 0 Å². The predicted octanol–water partition coefficient (Wildman–Crippen LogP) is 4.71. The molecule has 1 atom stereocenters. The van der Waals surface area contributed by atoms with Crippen LogP contribution in [0.15, 0.2) is 36.4 Å². The number of hydrogen-bond donors (Lipinski definition) is 2. The summed E-state index contributed by atoms with van der Waals surface area (Å²) in [6.45, 7) is 6.25. The normalized spacial score (nSPS) is 12.2. The average Bonchev–Trinajstić information content (AvgIpc) is 2.36. The van der Waals surface area contributed by atoms with Gasteiger partial charge in [0.1, 0.15) is 0 Å². The molecular formula is C16H19ClN2. The van der Waals surface area contributed by atoms with Crippen molar-refractivity contribution < 1.29 is 0 Å². The molecule has 2 aromatic rings. The van der Waals surface area contributed by atoms with Gasteiger partial charge >= 0.3 is 0 Å². The molecular weight excluding hydrogens is 256 g/mol. The summed E-state index contributed by atoms with van der Waals surface area (Å²) in [5.74, 6) is 0. The van der Waals surface area contributed by atoms with Gasteiger partial charge in [-0.3, -0.25) is 0 Å². The highest BCUT2D eigenvalue weighted by atomic mass is 35.5. The monoisotopic (exact) mass is 274 g/mol. The highest BCUT2D eigenvalue weighted by Crippen LogP contribution is 2.29. The van der Waals surface area contributed by atoms with E-state index in [4.69, 9.17) is 17.3 Å². The number of nitrogens with two attached hydrogens (primary N) is 1. The van der Waals surface area contributed by atoms with E-state index in [0.29, 0.717) is 10.7 Å². The molecule has 0 fully saturated rings. The third kappa shape index (κ3) is 3.21. The Balaban J connectivity index is 2.21. The zero-order chi connectivity index (χ0) is 14.0. The van der Waals surface area contributed by atoms with Crippen molar-refractivity contribution in [1.82, 2.24) is 0 Å². The van der Waals surface area contributed by atoms with Gasteiger partial charge < -0.3 is 11.1 Å². The van der Waals surface area contributed by atoms with Gasteiger partial charge in [0.25, 0.3) is 0 Å². The second-order valence-corrected chi connectivity index (χ2v) is 5.37. The largest absolute Gasteiger partial charge is 0.398 e. The Morgan fingerprint density at radius 2 is 1.74 bits per heavy atom. The number of rotatable bonds is 3. The van der Waals surface area contributed by atoms with E-state index in [0.717, 1.165) is 11.3 Å². The van der Waals surface area contributed by atoms with Gasteiger partial charge in [-0.05, 0) is 44.0 Å². The van der Waals surface area contributed by atoms with Crippen LogP contribution in [0.25, 0.3) is 0 Å². The lowest BCUT2D eigenvalue weighted by Crippen LogP contribution is -2.08. The average molecular weight is 275 g/mol. The first-order valence-corrected chi connectivity index (χ1v) is 6.74. The molecule has 3 N–H and O–H groups in total. The smallest absolute Gasteiger partial charge is 0.0656 e. The molecule has 19 heavy (non-hydrogen) atoms. The lowest BCUT2D eigenvalue weighted by atomic mass is 10.1. The first-order chi connectivity index (χ1) is 8.97. The molecule has 0 radical (unpaired) electrons. The van der Waals surface area contributed by atoms with Gasteiger partial charge in [0, 0.05) is 11.7 Å². The van der Waals surface area contributed by atoms with Crippen molar-refractivity contribution in [3.05, 3.63) is 58.1 Å². The molecule has 0 heterocycles. The van der Waals surface area contributed by atoms with E-state index in [1.165, 1.54) is 11.1 Å². The number of halogens is 1. The van der Waals surface area contributed by atoms with Gasteiger partial charge in [-0.1, -0.05) is 41.4 Å². The van der Waals surface area contributed by atoms with Crippen LogP contribution >= 0.6 is 11.6 Å². The molecule has 0 spiro atoms. The molecule has 2 aromatic carbocycles. The third-order valence-corrected chi connectivity index (χ3v) is 3.62. The van der Waals surface area contributed by atoms with Crippen molar-refractivity contribution in [1.29, 1.82) is 0 Å². The van der Waals surface area contributed by atoms with E-state index in [-0.39, 0.29) is 6.04 Å². The second-order valence-electron chi connectivity index (χ2n) is 4.97. The predicted molar refractivity (Wildman–Crippen MR) is 83.8 cm³/mol. The van der Waals surface area contributed by atoms with E-state index >= 15 is 0 Å². The molecule has 0 amide bonds. The Hall–Kier alpha value is -1.67. The van der Waals surface area contributed by atoms with Crippen LogP contribution < -0.4 is 11.1 Å². The number of aryl methyl sites for hydroxylation is 2. The van der Waals surface area contributed by atoms with Gasteiger partial charge in [-0.15, -0.1) is 0 Å². The van der Waals surface area contributed by atoms with Crippen molar-refractivity contribution in [2.45, 2.75) is 26.8 Å². The van der Waals surface area contributed by atoms with Crippen molar-refractivity contribution in [2.24, 2.45) is 0 Å². The molecule has 0 aliphatic rings. The highest BCUT2D eigenvalue weighted by molar-refractivity contribution is 6.33. The summed E-state index contributed by atoms with van der Waals surface area (Å²) in [6, 6.07) is 12.5. The molecule has 0 aliphatic heterocycles. The summed E-state index contributed by atoms with van der Waals surface area (Å²) in [4.78, 5) is 0. The summed E-state index contributed by atoms with van der Waals surface area (Å²) in [6.07, 6.45) is 0. The molecule has 2 rings (SSSR count). The van der Waals surface area contributed by atoms with Crippen LogP contribution in [0.2, 0.25) is 5.02 Å². The van der Waals surface area contributed by atoms with E-state index in [1.54, 1.807) is 0 Å². The lowest BCUT2D eigenvalue weighted by Gasteiger charge is -2.18. The molecule has 0 aromatic heterocycles. The van der Waals surface area contributed by atoms with Crippen LogP contribution in [-0.2, 0) is 0 Å². The molecule has 3 heteroatoms. The Kier molecular flexibility index (Phi) is 4.01. The Morgan fingerprint density at radius 1 is 1.11 bits per heavy atom. The van der Waals surface area contributed by atoms with Crippen LogP contribution in [0.4, 0.5) is 11.4 Å². The minimum atomic E-state index is 0.221. The molecule has 0 saturated carbocycles. The number of hydrogen-bond acceptors (Lipinski definition) is 2. The Morgan fingerprint density at radius 3 is 2.37 bits per heavy atom. The fourth-order valence-corrected chi connectivity index (χ4v) is 2.19. The minimum absolute atomic E-state index is 0.221. The molecule has 0 aliphatic carbocycles. The number of benzene rings is 2. The second kappa shape index (κ2) is 5.54. The van der Waals surface area contributed by atoms with E-state index in [2.05, 4.69) is 43.4 Å². The summed E-state index contributed by atoms with van der Waals surface area (Å²) >= 11 is 6.07. The number of nitrogen functional groups attached to an aromatic ring is 1. The first-order valence-electron chi connectivity index (χ1n) is 6.36. The van der Waals surface area contributed by atoms with Crippen molar-refractivity contribution in [3.8, 4) is 0 Å². The zero-order valence-corrected chi connectivity index (χ0v) is 12.3. The summed E-state index contributed by atoms with van der Waals surface area (Å²) < 4.78 is 0. The maximum Gasteiger partial charge on any atom is 0.0656 e. The molecule has 0 saturated heterocycles. The molecule has 0 bridgehead atoms. The Labute approximate surface area is 119 Å². The molecule has 2 nitrogen and oxygen atoms in total. The van der Waals surface area contributed by atoms with Crippen LogP contribution in [0.3, 0.4) is 0 Å². The maximum atomic E-state index is 6.07. The molecule has 1 unspecified atom stereocenters. The van der Waals surface area contributed by atoms with Crippen LogP contribution in [-0.4, -0.2) is 0 Å². The summed E-state index contributed by atoms with van der Waals surface area (Å²) in [7, 11) is 0. The van der Waals surface area contributed by atoms with Crippen LogP contribution in [0, 0.1) is 13.8 Å². The van der Waals surface area contributed by atoms with E-state index < -0.39 is 0 Å². The van der Waals surface area contributed by atoms with Crippen LogP contribution in [0.1, 0.15) is 29.7 Å². The minimum Gasteiger partial charge on any atom is -0.398 e. The van der Waals surface area contributed by atoms with E-state index in [1.807, 2.05) is 19.1 Å². The van der Waals surface area contributed by atoms with Gasteiger partial charge in [-0.25, -0.2) is 0 Å². The summed E-state index contributed by atoms with van der Waals surface area (Å²) in [5, 5.41) is 4.06. The third-order valence-electron chi connectivity index (χ3n) is 3.29. The maximum absolute atomic E-state index is 6.07. The van der Waals surface area contributed by atoms with Crippen molar-refractivity contribution >= 4 is 23.0 Å². The summed E-state index contributed by atoms with van der Waals surface area (Å²) in [5.41, 5.74) is 11.0. The fraction of sp³-hybridized carbons (Fsp3) is 0.250. The van der Waals surface area contributed by atoms with Gasteiger partial charge in [0.2, 0.25) is 0 Å². The van der Waals surface area contributed by atoms with Crippen LogP contribution in [0.5, 0.6) is 0 Å². The Bertz CT molecular complexity index is 576. The number of anilines is 2. The fourth-order valence-electron chi connectivity index (χ4n) is 2.03. The molecule has 100 valence electrons. The standard InChI is InChI=1S/C16H19ClN2/c1-10-4-6-13(7-5-10)12(3)19-16-9-14(17)15(18)8-11(16)2/h4-9,12,19H,18H2,1-3H3. The zero-order valence-electron chi connectivity index (χ0n) is 11.5. The first kappa shape index (κ1) is 13.8. The lowest BCUT2D eigenvalue weighted by molar-refractivity contribution is 0.882.